The van der Waals surface area contributed by atoms with Gasteiger partial charge in [-0.25, -0.2) is 14.6 Å². The summed E-state index contributed by atoms with van der Waals surface area (Å²) in [5, 5.41) is 13.3. The van der Waals surface area contributed by atoms with Crippen molar-refractivity contribution in [2.45, 2.75) is 6.92 Å². The number of nitrogens with zero attached hydrogens (tertiary/aromatic N) is 6. The van der Waals surface area contributed by atoms with E-state index in [0.29, 0.717) is 37.7 Å². The van der Waals surface area contributed by atoms with Gasteiger partial charge in [-0.05, 0) is 59.3 Å². The molecule has 0 atom stereocenters. The molecular formula is C22H15BrClN7O. The van der Waals surface area contributed by atoms with E-state index in [1.165, 1.54) is 6.33 Å². The molecule has 3 aromatic heterocycles. The summed E-state index contributed by atoms with van der Waals surface area (Å²) in [4.78, 5) is 21.7. The van der Waals surface area contributed by atoms with Crippen molar-refractivity contribution in [3.8, 4) is 11.5 Å². The standard InChI is InChI=1S/C22H15BrClN7O/c1-13-10-19(28-22(32)16-4-2-3-5-18(16)23)31(29-13)21-17-11-27-30(20(17)25-12-26-21)15-8-6-14(24)7-9-15/h2-12H,1H3,(H,28,32). The average Bonchev–Trinajstić information content (AvgIpc) is 3.38. The molecule has 158 valence electrons. The number of carbonyl (C=O) groups is 1. The molecule has 0 spiro atoms. The number of anilines is 1. The Morgan fingerprint density at radius 1 is 1.06 bits per heavy atom. The topological polar surface area (TPSA) is 90.5 Å². The molecule has 5 aromatic rings. The SMILES string of the molecule is Cc1cc(NC(=O)c2ccccc2Br)n(-c2ncnc3c2cnn3-c2ccc(Cl)cc2)n1. The van der Waals surface area contributed by atoms with E-state index >= 15 is 0 Å². The lowest BCUT2D eigenvalue weighted by Gasteiger charge is -2.10. The van der Waals surface area contributed by atoms with Crippen molar-refractivity contribution in [2.75, 3.05) is 5.32 Å². The Kier molecular flexibility index (Phi) is 5.20. The first-order valence-corrected chi connectivity index (χ1v) is 10.8. The minimum atomic E-state index is -0.263. The van der Waals surface area contributed by atoms with Crippen LogP contribution in [0, 0.1) is 6.92 Å². The summed E-state index contributed by atoms with van der Waals surface area (Å²) in [5.74, 6) is 0.731. The fourth-order valence-corrected chi connectivity index (χ4v) is 3.94. The maximum atomic E-state index is 12.9. The van der Waals surface area contributed by atoms with Gasteiger partial charge in [-0.15, -0.1) is 0 Å². The predicted octanol–water partition coefficient (Wildman–Crippen LogP) is 4.98. The summed E-state index contributed by atoms with van der Waals surface area (Å²) in [6.07, 6.45) is 3.12. The molecule has 1 N–H and O–H groups in total. The van der Waals surface area contributed by atoms with Gasteiger partial charge in [0.25, 0.3) is 5.91 Å². The fraction of sp³-hybridized carbons (Fsp3) is 0.0455. The number of hydrogen-bond acceptors (Lipinski definition) is 5. The van der Waals surface area contributed by atoms with Gasteiger partial charge in [0.2, 0.25) is 0 Å². The minimum absolute atomic E-state index is 0.263. The van der Waals surface area contributed by atoms with Crippen LogP contribution in [0.3, 0.4) is 0 Å². The lowest BCUT2D eigenvalue weighted by atomic mass is 10.2. The van der Waals surface area contributed by atoms with Crippen LogP contribution in [0.4, 0.5) is 5.82 Å². The zero-order valence-electron chi connectivity index (χ0n) is 16.7. The number of aromatic nitrogens is 6. The summed E-state index contributed by atoms with van der Waals surface area (Å²) in [6, 6.07) is 16.3. The molecule has 0 saturated carbocycles. The molecule has 0 aliphatic heterocycles. The van der Waals surface area contributed by atoms with Crippen molar-refractivity contribution in [3.63, 3.8) is 0 Å². The van der Waals surface area contributed by atoms with Gasteiger partial charge in [0.15, 0.2) is 11.5 Å². The van der Waals surface area contributed by atoms with Crippen molar-refractivity contribution in [3.05, 3.63) is 87.9 Å². The van der Waals surface area contributed by atoms with E-state index in [0.717, 1.165) is 11.4 Å². The maximum absolute atomic E-state index is 12.9. The number of rotatable bonds is 4. The molecule has 10 heteroatoms. The lowest BCUT2D eigenvalue weighted by Crippen LogP contribution is -2.16. The molecule has 0 unspecified atom stereocenters. The van der Waals surface area contributed by atoms with Crippen LogP contribution < -0.4 is 5.32 Å². The van der Waals surface area contributed by atoms with Gasteiger partial charge < -0.3 is 5.32 Å². The first-order valence-electron chi connectivity index (χ1n) is 9.59. The molecular weight excluding hydrogens is 494 g/mol. The van der Waals surface area contributed by atoms with Crippen molar-refractivity contribution in [1.82, 2.24) is 29.5 Å². The Morgan fingerprint density at radius 3 is 2.62 bits per heavy atom. The lowest BCUT2D eigenvalue weighted by molar-refractivity contribution is 0.102. The number of aryl methyl sites for hydroxylation is 1. The summed E-state index contributed by atoms with van der Waals surface area (Å²) < 4.78 is 3.99. The van der Waals surface area contributed by atoms with Crippen molar-refractivity contribution in [1.29, 1.82) is 0 Å². The van der Waals surface area contributed by atoms with Crippen LogP contribution in [0.2, 0.25) is 5.02 Å². The van der Waals surface area contributed by atoms with Crippen LogP contribution in [-0.4, -0.2) is 35.4 Å². The highest BCUT2D eigenvalue weighted by Crippen LogP contribution is 2.25. The van der Waals surface area contributed by atoms with E-state index in [1.807, 2.05) is 31.2 Å². The molecule has 0 fully saturated rings. The Bertz CT molecular complexity index is 1460. The summed E-state index contributed by atoms with van der Waals surface area (Å²) in [5.41, 5.74) is 2.66. The van der Waals surface area contributed by atoms with Crippen molar-refractivity contribution in [2.24, 2.45) is 0 Å². The number of fused-ring (bicyclic) bond motifs is 1. The highest BCUT2D eigenvalue weighted by atomic mass is 79.9. The second-order valence-corrected chi connectivity index (χ2v) is 8.27. The second-order valence-electron chi connectivity index (χ2n) is 6.98. The van der Waals surface area contributed by atoms with Crippen LogP contribution in [-0.2, 0) is 0 Å². The van der Waals surface area contributed by atoms with Gasteiger partial charge in [-0.2, -0.15) is 14.9 Å². The van der Waals surface area contributed by atoms with Crippen LogP contribution >= 0.6 is 27.5 Å². The maximum Gasteiger partial charge on any atom is 0.257 e. The molecule has 8 nitrogen and oxygen atoms in total. The monoisotopic (exact) mass is 507 g/mol. The van der Waals surface area contributed by atoms with E-state index in [-0.39, 0.29) is 5.91 Å². The number of carbonyl (C=O) groups excluding carboxylic acids is 1. The van der Waals surface area contributed by atoms with Gasteiger partial charge in [0.1, 0.15) is 12.1 Å². The second kappa shape index (κ2) is 8.18. The number of hydrogen-bond donors (Lipinski definition) is 1. The quantitative estimate of drug-likeness (QED) is 0.370. The Labute approximate surface area is 196 Å². The Balaban J connectivity index is 1.57. The van der Waals surface area contributed by atoms with Gasteiger partial charge in [-0.3, -0.25) is 4.79 Å². The van der Waals surface area contributed by atoms with Crippen molar-refractivity contribution >= 4 is 50.3 Å². The molecule has 32 heavy (non-hydrogen) atoms. The Morgan fingerprint density at radius 2 is 1.84 bits per heavy atom. The molecule has 3 heterocycles. The molecule has 0 radical (unpaired) electrons. The number of halogens is 2. The third-order valence-electron chi connectivity index (χ3n) is 4.81. The molecule has 0 aliphatic carbocycles. The molecule has 5 rings (SSSR count). The van der Waals surface area contributed by atoms with E-state index < -0.39 is 0 Å². The van der Waals surface area contributed by atoms with E-state index in [9.17, 15) is 4.79 Å². The minimum Gasteiger partial charge on any atom is -0.306 e. The van der Waals surface area contributed by atoms with E-state index in [4.69, 9.17) is 11.6 Å². The molecule has 0 saturated heterocycles. The van der Waals surface area contributed by atoms with Crippen LogP contribution in [0.1, 0.15) is 16.1 Å². The van der Waals surface area contributed by atoms with Gasteiger partial charge >= 0.3 is 0 Å². The summed E-state index contributed by atoms with van der Waals surface area (Å²) in [7, 11) is 0. The van der Waals surface area contributed by atoms with E-state index in [2.05, 4.69) is 41.4 Å². The first kappa shape index (κ1) is 20.3. The van der Waals surface area contributed by atoms with Crippen LogP contribution in [0.5, 0.6) is 0 Å². The largest absolute Gasteiger partial charge is 0.306 e. The highest BCUT2D eigenvalue weighted by Gasteiger charge is 2.18. The molecule has 0 bridgehead atoms. The number of benzene rings is 2. The van der Waals surface area contributed by atoms with Gasteiger partial charge in [0.05, 0.1) is 28.5 Å². The third kappa shape index (κ3) is 3.65. The summed E-state index contributed by atoms with van der Waals surface area (Å²) >= 11 is 9.43. The smallest absolute Gasteiger partial charge is 0.257 e. The fourth-order valence-electron chi connectivity index (χ4n) is 3.35. The third-order valence-corrected chi connectivity index (χ3v) is 5.75. The number of nitrogens with one attached hydrogen (secondary N) is 1. The number of amides is 1. The van der Waals surface area contributed by atoms with E-state index in [1.54, 1.807) is 45.9 Å². The van der Waals surface area contributed by atoms with Gasteiger partial charge in [0, 0.05) is 15.6 Å². The first-order chi connectivity index (χ1) is 15.5. The molecule has 0 aliphatic rings. The van der Waals surface area contributed by atoms with Crippen molar-refractivity contribution < 1.29 is 4.79 Å². The van der Waals surface area contributed by atoms with Crippen LogP contribution in [0.25, 0.3) is 22.5 Å². The normalized spacial score (nSPS) is 11.1. The zero-order chi connectivity index (χ0) is 22.2. The molecule has 2 aromatic carbocycles. The molecule has 1 amide bonds. The predicted molar refractivity (Wildman–Crippen MR) is 126 cm³/mol. The highest BCUT2D eigenvalue weighted by molar-refractivity contribution is 9.10. The zero-order valence-corrected chi connectivity index (χ0v) is 19.0. The summed E-state index contributed by atoms with van der Waals surface area (Å²) in [6.45, 7) is 1.85. The van der Waals surface area contributed by atoms with Crippen LogP contribution in [0.15, 0.2) is 71.6 Å². The van der Waals surface area contributed by atoms with Gasteiger partial charge in [-0.1, -0.05) is 23.7 Å². The average molecular weight is 509 g/mol. The Hall–Kier alpha value is -3.56.